The summed E-state index contributed by atoms with van der Waals surface area (Å²) >= 11 is 1.44. The van der Waals surface area contributed by atoms with Gasteiger partial charge in [-0.2, -0.15) is 4.98 Å². The molecule has 5 nitrogen and oxygen atoms in total. The van der Waals surface area contributed by atoms with Gasteiger partial charge in [0.05, 0.1) is 11.5 Å². The van der Waals surface area contributed by atoms with Crippen molar-refractivity contribution in [2.24, 2.45) is 0 Å². The standard InChI is InChI=1S/C18H17N3O2S/c1-13-6-5-9-15(10-13)19-16(22)11-24-12-17-20-18(21-23-17)14-7-3-2-4-8-14/h2-10H,11-12H2,1H3,(H,19,22). The normalized spacial score (nSPS) is 10.5. The van der Waals surface area contributed by atoms with Crippen LogP contribution in [-0.2, 0) is 10.5 Å². The predicted molar refractivity (Wildman–Crippen MR) is 95.7 cm³/mol. The fourth-order valence-corrected chi connectivity index (χ4v) is 2.82. The summed E-state index contributed by atoms with van der Waals surface area (Å²) in [5.41, 5.74) is 2.83. The van der Waals surface area contributed by atoms with Crippen molar-refractivity contribution in [3.63, 3.8) is 0 Å². The zero-order chi connectivity index (χ0) is 16.8. The maximum absolute atomic E-state index is 11.9. The van der Waals surface area contributed by atoms with Gasteiger partial charge in [-0.3, -0.25) is 4.79 Å². The van der Waals surface area contributed by atoms with Gasteiger partial charge in [-0.05, 0) is 24.6 Å². The van der Waals surface area contributed by atoms with Crippen LogP contribution in [0.4, 0.5) is 5.69 Å². The highest BCUT2D eigenvalue weighted by molar-refractivity contribution is 7.99. The van der Waals surface area contributed by atoms with Crippen molar-refractivity contribution in [2.75, 3.05) is 11.1 Å². The highest BCUT2D eigenvalue weighted by Gasteiger charge is 2.09. The molecule has 0 saturated heterocycles. The topological polar surface area (TPSA) is 68.0 Å². The fraction of sp³-hybridized carbons (Fsp3) is 0.167. The van der Waals surface area contributed by atoms with E-state index in [4.69, 9.17) is 4.52 Å². The van der Waals surface area contributed by atoms with Crippen molar-refractivity contribution in [1.82, 2.24) is 10.1 Å². The molecule has 1 aromatic heterocycles. The van der Waals surface area contributed by atoms with Crippen LogP contribution >= 0.6 is 11.8 Å². The van der Waals surface area contributed by atoms with Crippen LogP contribution in [0.1, 0.15) is 11.5 Å². The molecule has 6 heteroatoms. The van der Waals surface area contributed by atoms with Gasteiger partial charge in [0.25, 0.3) is 0 Å². The Morgan fingerprint density at radius 2 is 2.00 bits per heavy atom. The maximum Gasteiger partial charge on any atom is 0.236 e. The number of anilines is 1. The largest absolute Gasteiger partial charge is 0.338 e. The number of hydrogen-bond donors (Lipinski definition) is 1. The third-order valence-corrected chi connectivity index (χ3v) is 4.18. The first-order valence-electron chi connectivity index (χ1n) is 7.53. The first kappa shape index (κ1) is 16.3. The third-order valence-electron chi connectivity index (χ3n) is 3.26. The Kier molecular flexibility index (Phi) is 5.28. The summed E-state index contributed by atoms with van der Waals surface area (Å²) in [7, 11) is 0. The lowest BCUT2D eigenvalue weighted by Crippen LogP contribution is -2.14. The minimum absolute atomic E-state index is 0.0478. The highest BCUT2D eigenvalue weighted by Crippen LogP contribution is 2.18. The molecule has 0 spiro atoms. The average molecular weight is 339 g/mol. The van der Waals surface area contributed by atoms with Crippen molar-refractivity contribution in [3.05, 3.63) is 66.1 Å². The van der Waals surface area contributed by atoms with Crippen molar-refractivity contribution in [3.8, 4) is 11.4 Å². The van der Waals surface area contributed by atoms with Gasteiger partial charge in [-0.25, -0.2) is 0 Å². The zero-order valence-electron chi connectivity index (χ0n) is 13.2. The molecule has 0 bridgehead atoms. The van der Waals surface area contributed by atoms with Crippen LogP contribution in [0.3, 0.4) is 0 Å². The lowest BCUT2D eigenvalue weighted by atomic mass is 10.2. The first-order chi connectivity index (χ1) is 11.7. The molecule has 0 saturated carbocycles. The number of nitrogens with one attached hydrogen (secondary N) is 1. The Labute approximate surface area is 144 Å². The number of aromatic nitrogens is 2. The second kappa shape index (κ2) is 7.79. The molecule has 2 aromatic carbocycles. The van der Waals surface area contributed by atoms with Crippen molar-refractivity contribution >= 4 is 23.4 Å². The number of benzene rings is 2. The molecule has 0 radical (unpaired) electrons. The fourth-order valence-electron chi connectivity index (χ4n) is 2.17. The monoisotopic (exact) mass is 339 g/mol. The van der Waals surface area contributed by atoms with E-state index in [2.05, 4.69) is 15.5 Å². The molecule has 3 aromatic rings. The zero-order valence-corrected chi connectivity index (χ0v) is 14.0. The second-order valence-corrected chi connectivity index (χ2v) is 6.27. The molecule has 24 heavy (non-hydrogen) atoms. The number of thioether (sulfide) groups is 1. The van der Waals surface area contributed by atoms with E-state index in [-0.39, 0.29) is 5.91 Å². The molecular weight excluding hydrogens is 322 g/mol. The van der Waals surface area contributed by atoms with Crippen molar-refractivity contribution < 1.29 is 9.32 Å². The Hall–Kier alpha value is -2.60. The van der Waals surface area contributed by atoms with E-state index in [9.17, 15) is 4.79 Å². The molecule has 0 aliphatic carbocycles. The molecule has 3 rings (SSSR count). The number of nitrogens with zero attached hydrogens (tertiary/aromatic N) is 2. The SMILES string of the molecule is Cc1cccc(NC(=O)CSCc2nc(-c3ccccc3)no2)c1. The van der Waals surface area contributed by atoms with Gasteiger partial charge in [0.15, 0.2) is 0 Å². The van der Waals surface area contributed by atoms with Gasteiger partial charge in [-0.1, -0.05) is 47.6 Å². The van der Waals surface area contributed by atoms with E-state index in [1.165, 1.54) is 11.8 Å². The smallest absolute Gasteiger partial charge is 0.236 e. The summed E-state index contributed by atoms with van der Waals surface area (Å²) in [5, 5.41) is 6.84. The van der Waals surface area contributed by atoms with Crippen LogP contribution in [0.15, 0.2) is 59.1 Å². The minimum atomic E-state index is -0.0478. The summed E-state index contributed by atoms with van der Waals surface area (Å²) in [5.74, 6) is 1.86. The number of rotatable bonds is 6. The molecule has 0 unspecified atom stereocenters. The molecule has 0 atom stereocenters. The van der Waals surface area contributed by atoms with Crippen molar-refractivity contribution in [2.45, 2.75) is 12.7 Å². The maximum atomic E-state index is 11.9. The number of carbonyl (C=O) groups excluding carboxylic acids is 1. The highest BCUT2D eigenvalue weighted by atomic mass is 32.2. The Bertz CT molecular complexity index is 818. The van der Waals surface area contributed by atoms with E-state index < -0.39 is 0 Å². The number of aryl methyl sites for hydroxylation is 1. The number of amides is 1. The summed E-state index contributed by atoms with van der Waals surface area (Å²) in [6, 6.07) is 17.4. The summed E-state index contributed by atoms with van der Waals surface area (Å²) in [6.07, 6.45) is 0. The van der Waals surface area contributed by atoms with E-state index in [1.807, 2.05) is 61.5 Å². The van der Waals surface area contributed by atoms with Gasteiger partial charge >= 0.3 is 0 Å². The molecule has 122 valence electrons. The molecule has 1 amide bonds. The van der Waals surface area contributed by atoms with Gasteiger partial charge in [-0.15, -0.1) is 11.8 Å². The summed E-state index contributed by atoms with van der Waals surface area (Å²) in [4.78, 5) is 16.3. The molecular formula is C18H17N3O2S. The van der Waals surface area contributed by atoms with Crippen LogP contribution in [0.5, 0.6) is 0 Å². The Morgan fingerprint density at radius 1 is 1.17 bits per heavy atom. The third kappa shape index (κ3) is 4.45. The molecule has 0 fully saturated rings. The molecule has 0 aliphatic rings. The molecule has 1 N–H and O–H groups in total. The van der Waals surface area contributed by atoms with Gasteiger partial charge in [0.1, 0.15) is 0 Å². The van der Waals surface area contributed by atoms with Crippen molar-refractivity contribution in [1.29, 1.82) is 0 Å². The van der Waals surface area contributed by atoms with Crippen LogP contribution in [-0.4, -0.2) is 21.8 Å². The molecule has 1 heterocycles. The number of hydrogen-bond acceptors (Lipinski definition) is 5. The van der Waals surface area contributed by atoms with E-state index in [0.717, 1.165) is 16.8 Å². The quantitative estimate of drug-likeness (QED) is 0.737. The van der Waals surface area contributed by atoms with E-state index in [0.29, 0.717) is 23.2 Å². The van der Waals surface area contributed by atoms with Crippen LogP contribution in [0, 0.1) is 6.92 Å². The van der Waals surface area contributed by atoms with Crippen LogP contribution in [0.25, 0.3) is 11.4 Å². The average Bonchev–Trinajstić information content (AvgIpc) is 3.04. The lowest BCUT2D eigenvalue weighted by molar-refractivity contribution is -0.113. The predicted octanol–water partition coefficient (Wildman–Crippen LogP) is 3.92. The first-order valence-corrected chi connectivity index (χ1v) is 8.68. The van der Waals surface area contributed by atoms with E-state index in [1.54, 1.807) is 0 Å². The Balaban J connectivity index is 1.48. The van der Waals surface area contributed by atoms with Gasteiger partial charge in [0.2, 0.25) is 17.6 Å². The minimum Gasteiger partial charge on any atom is -0.338 e. The van der Waals surface area contributed by atoms with Crippen LogP contribution < -0.4 is 5.32 Å². The van der Waals surface area contributed by atoms with Gasteiger partial charge < -0.3 is 9.84 Å². The van der Waals surface area contributed by atoms with Gasteiger partial charge in [0, 0.05) is 11.3 Å². The summed E-state index contributed by atoms with van der Waals surface area (Å²) in [6.45, 7) is 1.99. The lowest BCUT2D eigenvalue weighted by Gasteiger charge is -2.05. The summed E-state index contributed by atoms with van der Waals surface area (Å²) < 4.78 is 5.22. The number of carbonyl (C=O) groups is 1. The van der Waals surface area contributed by atoms with Crippen LogP contribution in [0.2, 0.25) is 0 Å². The second-order valence-electron chi connectivity index (χ2n) is 5.29. The Morgan fingerprint density at radius 3 is 2.79 bits per heavy atom. The molecule has 0 aliphatic heterocycles. The van der Waals surface area contributed by atoms with E-state index >= 15 is 0 Å².